The first kappa shape index (κ1) is 15.0. The second kappa shape index (κ2) is 7.39. The van der Waals surface area contributed by atoms with E-state index in [0.717, 1.165) is 0 Å². The molecule has 0 aromatic heterocycles. The lowest BCUT2D eigenvalue weighted by Crippen LogP contribution is -2.26. The average Bonchev–Trinajstić information content (AvgIpc) is 2.36. The van der Waals surface area contributed by atoms with Crippen LogP contribution in [-0.2, 0) is 0 Å². The summed E-state index contributed by atoms with van der Waals surface area (Å²) in [5, 5.41) is 3.44. The van der Waals surface area contributed by atoms with Gasteiger partial charge in [-0.1, -0.05) is 38.2 Å². The van der Waals surface area contributed by atoms with E-state index in [2.05, 4.69) is 21.2 Å². The summed E-state index contributed by atoms with van der Waals surface area (Å²) < 4.78 is 13.9. The molecule has 1 unspecified atom stereocenters. The van der Waals surface area contributed by atoms with Crippen LogP contribution in [0.3, 0.4) is 0 Å². The Bertz CT molecular complexity index is 400. The third-order valence-electron chi connectivity index (χ3n) is 4.24. The van der Waals surface area contributed by atoms with Gasteiger partial charge in [-0.05, 0) is 59.4 Å². The van der Waals surface area contributed by atoms with Crippen LogP contribution in [0.4, 0.5) is 4.39 Å². The summed E-state index contributed by atoms with van der Waals surface area (Å²) in [5.41, 5.74) is 1.20. The molecule has 19 heavy (non-hydrogen) atoms. The minimum Gasteiger partial charge on any atom is -0.313 e. The number of hydrogen-bond acceptors (Lipinski definition) is 1. The van der Waals surface area contributed by atoms with E-state index in [-0.39, 0.29) is 5.82 Å². The van der Waals surface area contributed by atoms with E-state index < -0.39 is 0 Å². The summed E-state index contributed by atoms with van der Waals surface area (Å²) >= 11 is 3.29. The van der Waals surface area contributed by atoms with Gasteiger partial charge in [-0.2, -0.15) is 0 Å². The van der Waals surface area contributed by atoms with E-state index in [1.165, 1.54) is 50.5 Å². The molecule has 3 heteroatoms. The first-order valence-corrected chi connectivity index (χ1v) is 8.14. The monoisotopic (exact) mass is 327 g/mol. The molecule has 1 fully saturated rings. The average molecular weight is 328 g/mol. The summed E-state index contributed by atoms with van der Waals surface area (Å²) in [6.45, 7) is 0. The van der Waals surface area contributed by atoms with Crippen molar-refractivity contribution in [3.05, 3.63) is 34.1 Å². The van der Waals surface area contributed by atoms with E-state index in [0.29, 0.717) is 16.4 Å². The normalized spacial score (nSPS) is 19.7. The van der Waals surface area contributed by atoms with Crippen molar-refractivity contribution in [2.45, 2.75) is 51.0 Å². The van der Waals surface area contributed by atoms with Crippen molar-refractivity contribution in [3.63, 3.8) is 0 Å². The van der Waals surface area contributed by atoms with Gasteiger partial charge in [0.2, 0.25) is 0 Å². The predicted molar refractivity (Wildman–Crippen MR) is 81.7 cm³/mol. The molecular formula is C16H23BrFN. The van der Waals surface area contributed by atoms with Gasteiger partial charge in [0, 0.05) is 6.04 Å². The molecule has 0 spiro atoms. The third-order valence-corrected chi connectivity index (χ3v) is 4.84. The Kier molecular flexibility index (Phi) is 5.83. The molecule has 0 saturated heterocycles. The molecule has 1 aromatic carbocycles. The van der Waals surface area contributed by atoms with Crippen LogP contribution in [0, 0.1) is 11.7 Å². The molecule has 0 radical (unpaired) electrons. The summed E-state index contributed by atoms with van der Waals surface area (Å²) in [6, 6.07) is 5.75. The topological polar surface area (TPSA) is 12.0 Å². The molecule has 0 bridgehead atoms. The van der Waals surface area contributed by atoms with Gasteiger partial charge in [-0.15, -0.1) is 0 Å². The minimum atomic E-state index is -0.184. The quantitative estimate of drug-likeness (QED) is 0.803. The van der Waals surface area contributed by atoms with Gasteiger partial charge in [0.25, 0.3) is 0 Å². The maximum absolute atomic E-state index is 13.4. The molecule has 1 saturated carbocycles. The molecule has 0 aliphatic heterocycles. The van der Waals surface area contributed by atoms with Gasteiger partial charge < -0.3 is 5.32 Å². The van der Waals surface area contributed by atoms with E-state index in [1.54, 1.807) is 6.07 Å². The van der Waals surface area contributed by atoms with Crippen LogP contribution >= 0.6 is 15.9 Å². The molecule has 1 nitrogen and oxygen atoms in total. The highest BCUT2D eigenvalue weighted by atomic mass is 79.9. The summed E-state index contributed by atoms with van der Waals surface area (Å²) in [4.78, 5) is 0. The number of rotatable bonds is 3. The number of hydrogen-bond donors (Lipinski definition) is 1. The molecule has 1 atom stereocenters. The highest BCUT2D eigenvalue weighted by Crippen LogP contribution is 2.34. The van der Waals surface area contributed by atoms with E-state index in [4.69, 9.17) is 0 Å². The van der Waals surface area contributed by atoms with Crippen molar-refractivity contribution < 1.29 is 4.39 Å². The van der Waals surface area contributed by atoms with Crippen LogP contribution in [-0.4, -0.2) is 7.05 Å². The Hall–Kier alpha value is -0.410. The van der Waals surface area contributed by atoms with E-state index in [1.807, 2.05) is 19.2 Å². The largest absolute Gasteiger partial charge is 0.313 e. The van der Waals surface area contributed by atoms with Crippen LogP contribution in [0.15, 0.2) is 22.7 Å². The highest BCUT2D eigenvalue weighted by Gasteiger charge is 2.22. The molecule has 1 aliphatic rings. The molecule has 0 amide bonds. The van der Waals surface area contributed by atoms with Crippen LogP contribution in [0.25, 0.3) is 0 Å². The summed E-state index contributed by atoms with van der Waals surface area (Å²) in [5.74, 6) is 0.485. The van der Waals surface area contributed by atoms with Crippen LogP contribution < -0.4 is 5.32 Å². The third kappa shape index (κ3) is 4.03. The standard InChI is InChI=1S/C16H23BrFN/c1-19-16(12-7-5-3-2-4-6-8-12)13-9-10-15(18)14(17)11-13/h9-12,16,19H,2-8H2,1H3. The highest BCUT2D eigenvalue weighted by molar-refractivity contribution is 9.10. The zero-order chi connectivity index (χ0) is 13.7. The van der Waals surface area contributed by atoms with Crippen LogP contribution in [0.2, 0.25) is 0 Å². The SMILES string of the molecule is CNC(c1ccc(F)c(Br)c1)C1CCCCCCC1. The molecule has 1 aromatic rings. The number of nitrogens with one attached hydrogen (secondary N) is 1. The summed E-state index contributed by atoms with van der Waals surface area (Å²) in [6.07, 6.45) is 9.32. The fourth-order valence-electron chi connectivity index (χ4n) is 3.20. The molecule has 0 heterocycles. The van der Waals surface area contributed by atoms with Crippen molar-refractivity contribution in [2.24, 2.45) is 5.92 Å². The maximum Gasteiger partial charge on any atom is 0.137 e. The smallest absolute Gasteiger partial charge is 0.137 e. The van der Waals surface area contributed by atoms with Crippen LogP contribution in [0.1, 0.15) is 56.6 Å². The number of halogens is 2. The first-order valence-electron chi connectivity index (χ1n) is 7.34. The fraction of sp³-hybridized carbons (Fsp3) is 0.625. The van der Waals surface area contributed by atoms with Gasteiger partial charge in [-0.25, -0.2) is 4.39 Å². The van der Waals surface area contributed by atoms with Crippen molar-refractivity contribution in [1.82, 2.24) is 5.32 Å². The molecular weight excluding hydrogens is 305 g/mol. The Labute approximate surface area is 124 Å². The predicted octanol–water partition coefficient (Wildman–Crippen LogP) is 5.21. The Morgan fingerprint density at radius 3 is 2.37 bits per heavy atom. The Morgan fingerprint density at radius 1 is 1.16 bits per heavy atom. The maximum atomic E-state index is 13.4. The summed E-state index contributed by atoms with van der Waals surface area (Å²) in [7, 11) is 2.01. The minimum absolute atomic E-state index is 0.184. The Morgan fingerprint density at radius 2 is 1.79 bits per heavy atom. The zero-order valence-electron chi connectivity index (χ0n) is 11.6. The van der Waals surface area contributed by atoms with Gasteiger partial charge in [0.15, 0.2) is 0 Å². The van der Waals surface area contributed by atoms with Gasteiger partial charge in [0.1, 0.15) is 5.82 Å². The zero-order valence-corrected chi connectivity index (χ0v) is 13.2. The molecule has 106 valence electrons. The van der Waals surface area contributed by atoms with Crippen molar-refractivity contribution in [2.75, 3.05) is 7.05 Å². The molecule has 1 N–H and O–H groups in total. The van der Waals surface area contributed by atoms with Gasteiger partial charge >= 0.3 is 0 Å². The Balaban J connectivity index is 2.14. The second-order valence-electron chi connectivity index (χ2n) is 5.55. The first-order chi connectivity index (χ1) is 9.22. The van der Waals surface area contributed by atoms with Crippen molar-refractivity contribution in [1.29, 1.82) is 0 Å². The lowest BCUT2D eigenvalue weighted by molar-refractivity contribution is 0.299. The van der Waals surface area contributed by atoms with Gasteiger partial charge in [0.05, 0.1) is 4.47 Å². The van der Waals surface area contributed by atoms with Crippen molar-refractivity contribution in [3.8, 4) is 0 Å². The lowest BCUT2D eigenvalue weighted by atomic mass is 9.83. The van der Waals surface area contributed by atoms with Crippen molar-refractivity contribution >= 4 is 15.9 Å². The molecule has 2 rings (SSSR count). The van der Waals surface area contributed by atoms with Crippen LogP contribution in [0.5, 0.6) is 0 Å². The van der Waals surface area contributed by atoms with Gasteiger partial charge in [-0.3, -0.25) is 0 Å². The fourth-order valence-corrected chi connectivity index (χ4v) is 3.60. The van der Waals surface area contributed by atoms with E-state index in [9.17, 15) is 4.39 Å². The second-order valence-corrected chi connectivity index (χ2v) is 6.40. The molecule has 1 aliphatic carbocycles. The number of benzene rings is 1. The lowest BCUT2D eigenvalue weighted by Gasteiger charge is -2.29. The van der Waals surface area contributed by atoms with E-state index >= 15 is 0 Å².